The van der Waals surface area contributed by atoms with Crippen molar-refractivity contribution < 1.29 is 14.3 Å². The predicted molar refractivity (Wildman–Crippen MR) is 66.4 cm³/mol. The highest BCUT2D eigenvalue weighted by molar-refractivity contribution is 9.09. The van der Waals surface area contributed by atoms with Gasteiger partial charge in [0.05, 0.1) is 13.7 Å². The lowest BCUT2D eigenvalue weighted by molar-refractivity contribution is 0.162. The Morgan fingerprint density at radius 2 is 2.31 bits per heavy atom. The van der Waals surface area contributed by atoms with Gasteiger partial charge in [-0.05, 0) is 18.6 Å². The van der Waals surface area contributed by atoms with Crippen LogP contribution in [0.2, 0.25) is 0 Å². The summed E-state index contributed by atoms with van der Waals surface area (Å²) >= 11 is 3.26. The molecule has 1 rings (SSSR count). The first-order valence-corrected chi connectivity index (χ1v) is 6.02. The molecular weight excluding hydrogens is 274 g/mol. The standard InChI is InChI=1S/C11H14BrNO3/c1-15-10-5-2-4-9(8-10)13-11(14)16-7-3-6-12/h2,4-5,8H,3,6-7H2,1H3,(H,13,14). The lowest BCUT2D eigenvalue weighted by atomic mass is 10.3. The van der Waals surface area contributed by atoms with E-state index in [0.29, 0.717) is 18.0 Å². The molecule has 1 aromatic carbocycles. The summed E-state index contributed by atoms with van der Waals surface area (Å²) in [4.78, 5) is 11.3. The number of carbonyl (C=O) groups excluding carboxylic acids is 1. The van der Waals surface area contributed by atoms with Gasteiger partial charge >= 0.3 is 6.09 Å². The molecule has 0 aliphatic carbocycles. The first kappa shape index (κ1) is 12.8. The van der Waals surface area contributed by atoms with E-state index in [1.807, 2.05) is 0 Å². The van der Waals surface area contributed by atoms with Crippen molar-refractivity contribution in [1.29, 1.82) is 0 Å². The second-order valence-corrected chi connectivity index (χ2v) is 3.83. The topological polar surface area (TPSA) is 47.6 Å². The average molecular weight is 288 g/mol. The molecule has 1 amide bonds. The van der Waals surface area contributed by atoms with Gasteiger partial charge in [0.25, 0.3) is 0 Å². The Balaban J connectivity index is 2.43. The number of ether oxygens (including phenoxy) is 2. The van der Waals surface area contributed by atoms with Crippen molar-refractivity contribution in [2.75, 3.05) is 24.4 Å². The van der Waals surface area contributed by atoms with Crippen LogP contribution in [0.3, 0.4) is 0 Å². The molecule has 0 fully saturated rings. The minimum absolute atomic E-state index is 0.404. The zero-order valence-electron chi connectivity index (χ0n) is 9.03. The van der Waals surface area contributed by atoms with E-state index in [9.17, 15) is 4.79 Å². The molecule has 0 atom stereocenters. The number of hydrogen-bond donors (Lipinski definition) is 1. The molecule has 16 heavy (non-hydrogen) atoms. The van der Waals surface area contributed by atoms with Gasteiger partial charge in [-0.25, -0.2) is 4.79 Å². The molecular formula is C11H14BrNO3. The Morgan fingerprint density at radius 3 is 3.00 bits per heavy atom. The number of halogens is 1. The quantitative estimate of drug-likeness (QED) is 0.669. The SMILES string of the molecule is COc1cccc(NC(=O)OCCCBr)c1. The van der Waals surface area contributed by atoms with Gasteiger partial charge in [0.1, 0.15) is 5.75 Å². The van der Waals surface area contributed by atoms with Crippen molar-refractivity contribution in [3.05, 3.63) is 24.3 Å². The summed E-state index contributed by atoms with van der Waals surface area (Å²) in [5.74, 6) is 0.693. The number of amides is 1. The van der Waals surface area contributed by atoms with Gasteiger partial charge in [0, 0.05) is 17.1 Å². The van der Waals surface area contributed by atoms with Crippen molar-refractivity contribution >= 4 is 27.7 Å². The third-order valence-electron chi connectivity index (χ3n) is 1.83. The number of methoxy groups -OCH3 is 1. The number of anilines is 1. The number of nitrogens with one attached hydrogen (secondary N) is 1. The zero-order valence-corrected chi connectivity index (χ0v) is 10.6. The number of carbonyl (C=O) groups is 1. The largest absolute Gasteiger partial charge is 0.497 e. The molecule has 0 spiro atoms. The molecule has 0 bridgehead atoms. The average Bonchev–Trinajstić information content (AvgIpc) is 2.29. The number of hydrogen-bond acceptors (Lipinski definition) is 3. The molecule has 1 N–H and O–H groups in total. The van der Waals surface area contributed by atoms with Gasteiger partial charge in [0.2, 0.25) is 0 Å². The van der Waals surface area contributed by atoms with Crippen LogP contribution in [0.1, 0.15) is 6.42 Å². The monoisotopic (exact) mass is 287 g/mol. The van der Waals surface area contributed by atoms with Crippen LogP contribution in [0.25, 0.3) is 0 Å². The van der Waals surface area contributed by atoms with Gasteiger partial charge in [0.15, 0.2) is 0 Å². The summed E-state index contributed by atoms with van der Waals surface area (Å²) in [6.45, 7) is 0.404. The van der Waals surface area contributed by atoms with Crippen LogP contribution in [0, 0.1) is 0 Å². The Kier molecular flexibility index (Phi) is 5.71. The van der Waals surface area contributed by atoms with Crippen molar-refractivity contribution in [3.63, 3.8) is 0 Å². The molecule has 4 nitrogen and oxygen atoms in total. The van der Waals surface area contributed by atoms with E-state index in [2.05, 4.69) is 21.2 Å². The summed E-state index contributed by atoms with van der Waals surface area (Å²) in [5.41, 5.74) is 0.656. The second-order valence-electron chi connectivity index (χ2n) is 3.04. The van der Waals surface area contributed by atoms with E-state index < -0.39 is 6.09 Å². The van der Waals surface area contributed by atoms with Crippen LogP contribution in [0.4, 0.5) is 10.5 Å². The molecule has 0 heterocycles. The number of benzene rings is 1. The van der Waals surface area contributed by atoms with Crippen LogP contribution in [0.15, 0.2) is 24.3 Å². The first-order chi connectivity index (χ1) is 7.76. The number of alkyl halides is 1. The van der Waals surface area contributed by atoms with E-state index >= 15 is 0 Å². The van der Waals surface area contributed by atoms with Crippen molar-refractivity contribution in [2.24, 2.45) is 0 Å². The fraction of sp³-hybridized carbons (Fsp3) is 0.364. The highest BCUT2D eigenvalue weighted by Crippen LogP contribution is 2.16. The first-order valence-electron chi connectivity index (χ1n) is 4.90. The molecule has 0 aliphatic heterocycles. The Bertz CT molecular complexity index is 344. The molecule has 5 heteroatoms. The molecule has 0 radical (unpaired) electrons. The van der Waals surface area contributed by atoms with Crippen molar-refractivity contribution in [3.8, 4) is 5.75 Å². The molecule has 0 saturated carbocycles. The fourth-order valence-corrected chi connectivity index (χ4v) is 1.30. The summed E-state index contributed by atoms with van der Waals surface area (Å²) in [6, 6.07) is 7.11. The fourth-order valence-electron chi connectivity index (χ4n) is 1.07. The van der Waals surface area contributed by atoms with Crippen LogP contribution in [0.5, 0.6) is 5.75 Å². The van der Waals surface area contributed by atoms with Crippen LogP contribution in [-0.4, -0.2) is 25.1 Å². The van der Waals surface area contributed by atoms with Crippen LogP contribution >= 0.6 is 15.9 Å². The molecule has 0 unspecified atom stereocenters. The Hall–Kier alpha value is -1.23. The van der Waals surface area contributed by atoms with Crippen molar-refractivity contribution in [2.45, 2.75) is 6.42 Å². The summed E-state index contributed by atoms with van der Waals surface area (Å²) in [5, 5.41) is 3.44. The lowest BCUT2D eigenvalue weighted by Crippen LogP contribution is -2.14. The molecule has 0 aromatic heterocycles. The maximum Gasteiger partial charge on any atom is 0.411 e. The smallest absolute Gasteiger partial charge is 0.411 e. The predicted octanol–water partition coefficient (Wildman–Crippen LogP) is 3.03. The lowest BCUT2D eigenvalue weighted by Gasteiger charge is -2.07. The molecule has 0 saturated heterocycles. The molecule has 0 aliphatic rings. The summed E-state index contributed by atoms with van der Waals surface area (Å²) < 4.78 is 9.98. The third-order valence-corrected chi connectivity index (χ3v) is 2.39. The van der Waals surface area contributed by atoms with Gasteiger partial charge in [-0.2, -0.15) is 0 Å². The maximum absolute atomic E-state index is 11.3. The van der Waals surface area contributed by atoms with Gasteiger partial charge in [-0.15, -0.1) is 0 Å². The van der Waals surface area contributed by atoms with E-state index in [1.54, 1.807) is 31.4 Å². The van der Waals surface area contributed by atoms with E-state index in [1.165, 1.54) is 0 Å². The van der Waals surface area contributed by atoms with E-state index in [4.69, 9.17) is 9.47 Å². The molecule has 1 aromatic rings. The maximum atomic E-state index is 11.3. The van der Waals surface area contributed by atoms with Gasteiger partial charge < -0.3 is 9.47 Å². The second kappa shape index (κ2) is 7.11. The van der Waals surface area contributed by atoms with Crippen molar-refractivity contribution in [1.82, 2.24) is 0 Å². The normalized spacial score (nSPS) is 9.62. The highest BCUT2D eigenvalue weighted by atomic mass is 79.9. The van der Waals surface area contributed by atoms with Gasteiger partial charge in [-0.3, -0.25) is 5.32 Å². The minimum atomic E-state index is -0.450. The van der Waals surface area contributed by atoms with Crippen LogP contribution in [-0.2, 0) is 4.74 Å². The number of rotatable bonds is 5. The highest BCUT2D eigenvalue weighted by Gasteiger charge is 2.03. The van der Waals surface area contributed by atoms with Gasteiger partial charge in [-0.1, -0.05) is 22.0 Å². The Labute approximate surface area is 103 Å². The van der Waals surface area contributed by atoms with E-state index in [0.717, 1.165) is 11.8 Å². The zero-order chi connectivity index (χ0) is 11.8. The molecule has 88 valence electrons. The summed E-state index contributed by atoms with van der Waals surface area (Å²) in [6.07, 6.45) is 0.347. The van der Waals surface area contributed by atoms with E-state index in [-0.39, 0.29) is 0 Å². The Morgan fingerprint density at radius 1 is 1.50 bits per heavy atom. The minimum Gasteiger partial charge on any atom is -0.497 e. The van der Waals surface area contributed by atoms with Crippen LogP contribution < -0.4 is 10.1 Å². The third kappa shape index (κ3) is 4.53. The summed E-state index contributed by atoms with van der Waals surface area (Å²) in [7, 11) is 1.58.